The monoisotopic (exact) mass is 468 g/mol. The number of methoxy groups -OCH3 is 1. The fourth-order valence-electron chi connectivity index (χ4n) is 5.76. The van der Waals surface area contributed by atoms with Crippen LogP contribution in [0.2, 0.25) is 0 Å². The van der Waals surface area contributed by atoms with Crippen molar-refractivity contribution in [1.82, 2.24) is 19.7 Å². The second-order valence-electron chi connectivity index (χ2n) is 9.47. The number of nitrogens with one attached hydrogen (secondary N) is 1. The number of para-hydroxylation sites is 1. The number of pyridine rings is 1. The van der Waals surface area contributed by atoms with Crippen molar-refractivity contribution in [1.29, 1.82) is 0 Å². The molecule has 2 aliphatic rings. The van der Waals surface area contributed by atoms with Gasteiger partial charge < -0.3 is 24.6 Å². The fourth-order valence-corrected chi connectivity index (χ4v) is 5.76. The van der Waals surface area contributed by atoms with E-state index in [9.17, 15) is 14.7 Å². The molecule has 3 heterocycles. The number of carbonyl (C=O) groups is 1. The summed E-state index contributed by atoms with van der Waals surface area (Å²) in [5.41, 5.74) is 2.22. The summed E-state index contributed by atoms with van der Waals surface area (Å²) < 4.78 is 7.30. The Morgan fingerprint density at radius 3 is 2.65 bits per heavy atom. The van der Waals surface area contributed by atoms with E-state index >= 15 is 0 Å². The fraction of sp³-hybridized carbons (Fsp3) is 0.538. The quantitative estimate of drug-likeness (QED) is 0.544. The molecular weight excluding hydrogens is 432 g/mol. The number of fused-ring (bicyclic) bond motifs is 3. The molecule has 0 spiro atoms. The van der Waals surface area contributed by atoms with Crippen LogP contribution < -0.4 is 15.6 Å². The predicted octanol–water partition coefficient (Wildman–Crippen LogP) is 1.58. The summed E-state index contributed by atoms with van der Waals surface area (Å²) in [6.45, 7) is 4.62. The molecule has 2 N–H and O–H groups in total. The summed E-state index contributed by atoms with van der Waals surface area (Å²) >= 11 is 0. The Balaban J connectivity index is 1.63. The van der Waals surface area contributed by atoms with Gasteiger partial charge in [-0.3, -0.25) is 14.5 Å². The average molecular weight is 469 g/mol. The number of likely N-dealkylation sites (N-methyl/N-ethyl adjacent to an activating group) is 1. The summed E-state index contributed by atoms with van der Waals surface area (Å²) in [6.07, 6.45) is 0.873. The van der Waals surface area contributed by atoms with Crippen molar-refractivity contribution in [2.75, 3.05) is 47.4 Å². The van der Waals surface area contributed by atoms with Crippen LogP contribution in [0.4, 0.5) is 0 Å². The third kappa shape index (κ3) is 4.26. The molecule has 1 aromatic heterocycles. The Kier molecular flexibility index (Phi) is 7.40. The van der Waals surface area contributed by atoms with Crippen LogP contribution in [-0.2, 0) is 11.3 Å². The zero-order chi connectivity index (χ0) is 24.4. The largest absolute Gasteiger partial charge is 0.496 e. The summed E-state index contributed by atoms with van der Waals surface area (Å²) in [4.78, 5) is 31.0. The van der Waals surface area contributed by atoms with Crippen molar-refractivity contribution in [2.45, 2.75) is 32.0 Å². The van der Waals surface area contributed by atoms with Crippen LogP contribution in [0.3, 0.4) is 0 Å². The van der Waals surface area contributed by atoms with E-state index < -0.39 is 6.04 Å². The number of carbonyl (C=O) groups excluding carboxylic acids is 1. The minimum atomic E-state index is -0.401. The lowest BCUT2D eigenvalue weighted by atomic mass is 9.88. The van der Waals surface area contributed by atoms with Crippen LogP contribution in [-0.4, -0.2) is 78.9 Å². The second kappa shape index (κ2) is 10.3. The first-order chi connectivity index (χ1) is 16.4. The number of nitrogens with zero attached hydrogens (tertiary/aromatic N) is 3. The topological polar surface area (TPSA) is 87.0 Å². The first-order valence-corrected chi connectivity index (χ1v) is 12.1. The van der Waals surface area contributed by atoms with Gasteiger partial charge in [0.25, 0.3) is 5.56 Å². The number of aliphatic hydroxyl groups excluding tert-OH is 1. The number of benzene rings is 1. The van der Waals surface area contributed by atoms with Crippen LogP contribution in [0.5, 0.6) is 5.75 Å². The number of hydrogen-bond donors (Lipinski definition) is 2. The molecule has 1 fully saturated rings. The first kappa shape index (κ1) is 24.4. The molecule has 4 atom stereocenters. The van der Waals surface area contributed by atoms with E-state index in [1.54, 1.807) is 7.11 Å². The zero-order valence-electron chi connectivity index (χ0n) is 20.5. The van der Waals surface area contributed by atoms with Crippen molar-refractivity contribution in [2.24, 2.45) is 11.8 Å². The van der Waals surface area contributed by atoms with Gasteiger partial charge >= 0.3 is 0 Å². The highest BCUT2D eigenvalue weighted by Crippen LogP contribution is 2.49. The first-order valence-electron chi connectivity index (χ1n) is 12.1. The molecule has 0 unspecified atom stereocenters. The van der Waals surface area contributed by atoms with Gasteiger partial charge in [-0.05, 0) is 51.8 Å². The SMILES string of the molecule is CCN1[C@@H]2c3ccc(-c4ccccc4OC)c(=O)n3C[C@@H]2[C@@H](CO)[C@@H]1C(=O)NCCCN(C)C. The molecule has 2 aliphatic heterocycles. The smallest absolute Gasteiger partial charge is 0.258 e. The van der Waals surface area contributed by atoms with Gasteiger partial charge in [0.15, 0.2) is 0 Å². The highest BCUT2D eigenvalue weighted by Gasteiger charge is 2.54. The number of rotatable bonds is 9. The van der Waals surface area contributed by atoms with Gasteiger partial charge in [-0.15, -0.1) is 0 Å². The van der Waals surface area contributed by atoms with E-state index in [2.05, 4.69) is 15.1 Å². The third-order valence-electron chi connectivity index (χ3n) is 7.30. The number of hydrogen-bond acceptors (Lipinski definition) is 6. The van der Waals surface area contributed by atoms with E-state index in [1.165, 1.54) is 0 Å². The lowest BCUT2D eigenvalue weighted by Crippen LogP contribution is -2.48. The van der Waals surface area contributed by atoms with E-state index in [-0.39, 0.29) is 36.0 Å². The predicted molar refractivity (Wildman–Crippen MR) is 132 cm³/mol. The number of likely N-dealkylation sites (tertiary alicyclic amines) is 1. The van der Waals surface area contributed by atoms with E-state index in [0.717, 1.165) is 24.2 Å². The van der Waals surface area contributed by atoms with Gasteiger partial charge in [0.2, 0.25) is 5.91 Å². The highest BCUT2D eigenvalue weighted by molar-refractivity contribution is 5.82. The number of amides is 1. The summed E-state index contributed by atoms with van der Waals surface area (Å²) in [5, 5.41) is 13.4. The van der Waals surface area contributed by atoms with Crippen LogP contribution >= 0.6 is 0 Å². The summed E-state index contributed by atoms with van der Waals surface area (Å²) in [7, 11) is 5.63. The van der Waals surface area contributed by atoms with Crippen molar-refractivity contribution in [3.8, 4) is 16.9 Å². The van der Waals surface area contributed by atoms with Crippen LogP contribution in [0.1, 0.15) is 25.1 Å². The second-order valence-corrected chi connectivity index (χ2v) is 9.47. The third-order valence-corrected chi connectivity index (χ3v) is 7.30. The van der Waals surface area contributed by atoms with Gasteiger partial charge in [0.1, 0.15) is 5.75 Å². The van der Waals surface area contributed by atoms with Crippen molar-refractivity contribution in [3.63, 3.8) is 0 Å². The Morgan fingerprint density at radius 2 is 1.97 bits per heavy atom. The van der Waals surface area contributed by atoms with Gasteiger partial charge in [0.05, 0.1) is 24.8 Å². The minimum Gasteiger partial charge on any atom is -0.496 e. The maximum atomic E-state index is 13.5. The Labute approximate surface area is 201 Å². The molecular formula is C26H36N4O4. The van der Waals surface area contributed by atoms with Gasteiger partial charge in [-0.25, -0.2) is 0 Å². The maximum Gasteiger partial charge on any atom is 0.258 e. The van der Waals surface area contributed by atoms with Crippen molar-refractivity contribution < 1.29 is 14.6 Å². The molecule has 184 valence electrons. The lowest BCUT2D eigenvalue weighted by Gasteiger charge is -2.29. The van der Waals surface area contributed by atoms with E-state index in [4.69, 9.17) is 4.74 Å². The van der Waals surface area contributed by atoms with E-state index in [1.807, 2.05) is 62.0 Å². The van der Waals surface area contributed by atoms with Crippen LogP contribution in [0.15, 0.2) is 41.2 Å². The Morgan fingerprint density at radius 1 is 1.21 bits per heavy atom. The molecule has 4 rings (SSSR count). The number of aromatic nitrogens is 1. The molecule has 1 amide bonds. The molecule has 1 aromatic carbocycles. The molecule has 0 bridgehead atoms. The standard InChI is InChI=1S/C26H36N4O4/c1-5-29-23-19(20(16-31)24(29)25(32)27-13-8-14-28(2)3)15-30-21(23)12-11-18(26(30)33)17-9-6-7-10-22(17)34-4/h6-7,9-12,19-20,23-24,31H,5,8,13-16H2,1-4H3,(H,27,32)/t19-,20-,23+,24-/m1/s1. The van der Waals surface area contributed by atoms with Crippen molar-refractivity contribution in [3.05, 3.63) is 52.4 Å². The molecule has 2 aromatic rings. The molecule has 0 saturated carbocycles. The highest BCUT2D eigenvalue weighted by atomic mass is 16.5. The molecule has 0 aliphatic carbocycles. The molecule has 8 nitrogen and oxygen atoms in total. The lowest BCUT2D eigenvalue weighted by molar-refractivity contribution is -0.127. The number of ether oxygens (including phenoxy) is 1. The Hall–Kier alpha value is -2.68. The summed E-state index contributed by atoms with van der Waals surface area (Å²) in [6, 6.07) is 10.9. The molecule has 34 heavy (non-hydrogen) atoms. The van der Waals surface area contributed by atoms with Gasteiger partial charge in [-0.1, -0.05) is 25.1 Å². The molecule has 8 heteroatoms. The molecule has 1 saturated heterocycles. The van der Waals surface area contributed by atoms with Crippen molar-refractivity contribution >= 4 is 5.91 Å². The summed E-state index contributed by atoms with van der Waals surface area (Å²) in [5.74, 6) is 0.400. The van der Waals surface area contributed by atoms with Crippen LogP contribution in [0, 0.1) is 11.8 Å². The minimum absolute atomic E-state index is 0.00286. The normalized spacial score (nSPS) is 23.7. The van der Waals surface area contributed by atoms with Gasteiger partial charge in [-0.2, -0.15) is 0 Å². The maximum absolute atomic E-state index is 13.5. The number of aliphatic hydroxyl groups is 1. The Bertz CT molecular complexity index is 1080. The van der Waals surface area contributed by atoms with E-state index in [0.29, 0.717) is 30.9 Å². The average Bonchev–Trinajstić information content (AvgIpc) is 3.36. The zero-order valence-corrected chi connectivity index (χ0v) is 20.5. The van der Waals surface area contributed by atoms with Gasteiger partial charge in [0, 0.05) is 42.8 Å². The van der Waals surface area contributed by atoms with Crippen LogP contribution in [0.25, 0.3) is 11.1 Å². The molecule has 0 radical (unpaired) electrons.